The van der Waals surface area contributed by atoms with Crippen molar-refractivity contribution >= 4 is 20.3 Å². The van der Waals surface area contributed by atoms with Crippen LogP contribution < -0.4 is 9.47 Å². The third kappa shape index (κ3) is 15.3. The van der Waals surface area contributed by atoms with E-state index in [9.17, 15) is 19.8 Å². The SMILES string of the molecule is CCC(CC)(c1ccc(OC[C@H](O)CCC(=O)O)c(C)c1)c1ccc(-c2cccc(C(C)(C)O)c2)c(C)c1.CCC(CC)(c1ccc(OC[C@H]2CCC(=O)O2)c(C)c1)c1ccc(-c2cccc(C(C)(C)O[Si](C)(C)C)c2)c(C)c1. The Hall–Kier alpha value is -6.04. The number of aliphatic hydroxyl groups excluding tert-OH is 1. The predicted octanol–water partition coefficient (Wildman–Crippen LogP) is 16.2. The summed E-state index contributed by atoms with van der Waals surface area (Å²) in [6, 6.07) is 43.4. The van der Waals surface area contributed by atoms with Gasteiger partial charge in [0.25, 0.3) is 0 Å². The number of esters is 1. The molecule has 0 aliphatic carbocycles. The Labute approximate surface area is 473 Å². The summed E-state index contributed by atoms with van der Waals surface area (Å²) in [6.07, 6.45) is 4.20. The fourth-order valence-electron chi connectivity index (χ4n) is 11.6. The number of cyclic esters (lactones) is 1. The summed E-state index contributed by atoms with van der Waals surface area (Å²) < 4.78 is 23.8. The molecule has 0 bridgehead atoms. The number of carboxylic acid groups (broad SMARTS) is 1. The molecule has 0 saturated carbocycles. The average molecular weight is 1090 g/mol. The van der Waals surface area contributed by atoms with E-state index in [4.69, 9.17) is 23.7 Å². The number of aliphatic carboxylic acids is 1. The van der Waals surface area contributed by atoms with Gasteiger partial charge in [-0.1, -0.05) is 125 Å². The number of aliphatic hydroxyl groups is 2. The Morgan fingerprint density at radius 2 is 1.06 bits per heavy atom. The molecule has 424 valence electrons. The molecule has 10 heteroatoms. The van der Waals surface area contributed by atoms with Gasteiger partial charge in [-0.2, -0.15) is 0 Å². The van der Waals surface area contributed by atoms with E-state index in [1.807, 2.05) is 25.1 Å². The van der Waals surface area contributed by atoms with E-state index >= 15 is 0 Å². The molecule has 79 heavy (non-hydrogen) atoms. The fourth-order valence-corrected chi connectivity index (χ4v) is 13.3. The van der Waals surface area contributed by atoms with Gasteiger partial charge in [-0.3, -0.25) is 9.59 Å². The van der Waals surface area contributed by atoms with Crippen molar-refractivity contribution in [2.75, 3.05) is 13.2 Å². The zero-order chi connectivity index (χ0) is 58.1. The van der Waals surface area contributed by atoms with Crippen molar-refractivity contribution in [1.29, 1.82) is 0 Å². The van der Waals surface area contributed by atoms with Crippen LogP contribution in [-0.2, 0) is 40.8 Å². The first-order chi connectivity index (χ1) is 37.2. The first-order valence-electron chi connectivity index (χ1n) is 28.6. The van der Waals surface area contributed by atoms with Crippen LogP contribution in [0.3, 0.4) is 0 Å². The van der Waals surface area contributed by atoms with Crippen molar-refractivity contribution in [3.63, 3.8) is 0 Å². The molecular formula is C69H90O9Si. The van der Waals surface area contributed by atoms with Crippen LogP contribution in [0.1, 0.15) is 162 Å². The normalized spacial score (nSPS) is 14.5. The highest BCUT2D eigenvalue weighted by atomic mass is 28.4. The van der Waals surface area contributed by atoms with Crippen LogP contribution in [0.25, 0.3) is 22.3 Å². The lowest BCUT2D eigenvalue weighted by atomic mass is 9.69. The number of hydrogen-bond donors (Lipinski definition) is 3. The summed E-state index contributed by atoms with van der Waals surface area (Å²) >= 11 is 0. The molecule has 7 rings (SSSR count). The largest absolute Gasteiger partial charge is 0.491 e. The van der Waals surface area contributed by atoms with Gasteiger partial charge in [0.15, 0.2) is 8.32 Å². The second-order valence-electron chi connectivity index (χ2n) is 23.9. The molecule has 2 atom stereocenters. The van der Waals surface area contributed by atoms with Crippen LogP contribution in [0.15, 0.2) is 121 Å². The van der Waals surface area contributed by atoms with Gasteiger partial charge >= 0.3 is 11.9 Å². The molecule has 1 fully saturated rings. The highest BCUT2D eigenvalue weighted by Crippen LogP contribution is 2.44. The van der Waals surface area contributed by atoms with Crippen molar-refractivity contribution in [2.24, 2.45) is 0 Å². The monoisotopic (exact) mass is 1090 g/mol. The number of carbonyl (C=O) groups is 2. The van der Waals surface area contributed by atoms with Gasteiger partial charge in [0.2, 0.25) is 0 Å². The number of rotatable bonds is 23. The summed E-state index contributed by atoms with van der Waals surface area (Å²) in [6.45, 7) is 32.6. The van der Waals surface area contributed by atoms with Crippen LogP contribution in [0.5, 0.6) is 11.5 Å². The van der Waals surface area contributed by atoms with Crippen molar-refractivity contribution in [3.05, 3.63) is 177 Å². The number of ether oxygens (including phenoxy) is 3. The van der Waals surface area contributed by atoms with Crippen LogP contribution in [0, 0.1) is 27.7 Å². The highest BCUT2D eigenvalue weighted by molar-refractivity contribution is 6.69. The summed E-state index contributed by atoms with van der Waals surface area (Å²) in [7, 11) is -1.70. The Kier molecular flexibility index (Phi) is 20.5. The summed E-state index contributed by atoms with van der Waals surface area (Å²) in [4.78, 5) is 22.2. The number of benzene rings is 6. The Balaban J connectivity index is 0.000000256. The molecule has 0 unspecified atom stereocenters. The number of hydrogen-bond acceptors (Lipinski definition) is 8. The maximum Gasteiger partial charge on any atom is 0.306 e. The van der Waals surface area contributed by atoms with Gasteiger partial charge in [0, 0.05) is 23.7 Å². The minimum Gasteiger partial charge on any atom is -0.491 e. The van der Waals surface area contributed by atoms with Crippen LogP contribution >= 0.6 is 0 Å². The Morgan fingerprint density at radius 1 is 0.620 bits per heavy atom. The summed E-state index contributed by atoms with van der Waals surface area (Å²) in [5.41, 5.74) is 15.0. The van der Waals surface area contributed by atoms with Gasteiger partial charge in [-0.15, -0.1) is 0 Å². The van der Waals surface area contributed by atoms with E-state index in [2.05, 4.69) is 185 Å². The molecule has 1 heterocycles. The van der Waals surface area contributed by atoms with Gasteiger partial charge < -0.3 is 34.0 Å². The van der Waals surface area contributed by atoms with Crippen molar-refractivity contribution in [1.82, 2.24) is 0 Å². The zero-order valence-electron chi connectivity index (χ0n) is 50.1. The number of carbonyl (C=O) groups excluding carboxylic acids is 1. The number of aryl methyl sites for hydroxylation is 4. The molecule has 6 aromatic rings. The smallest absolute Gasteiger partial charge is 0.306 e. The quantitative estimate of drug-likeness (QED) is 0.0424. The lowest BCUT2D eigenvalue weighted by Gasteiger charge is -2.35. The van der Waals surface area contributed by atoms with E-state index in [0.717, 1.165) is 65.7 Å². The lowest BCUT2D eigenvalue weighted by molar-refractivity contribution is -0.142. The summed E-state index contributed by atoms with van der Waals surface area (Å²) in [5.74, 6) is 0.494. The Bertz CT molecular complexity index is 3040. The topological polar surface area (TPSA) is 132 Å². The zero-order valence-corrected chi connectivity index (χ0v) is 51.1. The minimum atomic E-state index is -1.70. The van der Waals surface area contributed by atoms with E-state index in [-0.39, 0.29) is 48.0 Å². The molecule has 1 saturated heterocycles. The minimum absolute atomic E-state index is 0.0650. The fraction of sp³-hybridized carbons (Fsp3) is 0.449. The van der Waals surface area contributed by atoms with Crippen molar-refractivity contribution < 1.29 is 43.5 Å². The standard InChI is InChI=1S/C36H48O4Si.C33H42O5/c1-10-36(11-2,30-16-19-33(26(4)22-30)38-24-31-17-20-34(37)39-31)29-15-18-32(25(3)21-29)27-13-12-14-28(23-27)35(5,6)40-41(7,8)9;1-7-33(8-2,27-13-16-30(23(4)19-27)38-21-28(34)14-17-31(35)36)26-12-15-29(22(3)18-26)24-10-9-11-25(20-24)32(5,6)37/h12-16,18-19,21-23,31H,10-11,17,20,24H2,1-9H3;9-13,15-16,18-20,28,34,37H,7-8,14,17,21H2,1-6H3,(H,35,36)/t31-;28-/m11/s1. The lowest BCUT2D eigenvalue weighted by Crippen LogP contribution is -2.36. The van der Waals surface area contributed by atoms with Gasteiger partial charge in [0.05, 0.1) is 17.3 Å². The molecule has 1 aliphatic rings. The van der Waals surface area contributed by atoms with Crippen molar-refractivity contribution in [2.45, 2.75) is 188 Å². The van der Waals surface area contributed by atoms with Crippen molar-refractivity contribution in [3.8, 4) is 33.8 Å². The predicted molar refractivity (Wildman–Crippen MR) is 324 cm³/mol. The molecule has 6 aromatic carbocycles. The van der Waals surface area contributed by atoms with E-state index in [1.54, 1.807) is 13.8 Å². The highest BCUT2D eigenvalue weighted by Gasteiger charge is 2.34. The molecule has 0 spiro atoms. The molecule has 0 radical (unpaired) electrons. The average Bonchev–Trinajstić information content (AvgIpc) is 3.97. The van der Waals surface area contributed by atoms with E-state index < -0.39 is 26.0 Å². The van der Waals surface area contributed by atoms with Crippen LogP contribution in [0.4, 0.5) is 0 Å². The number of carboxylic acids is 1. The second-order valence-corrected chi connectivity index (χ2v) is 28.3. The van der Waals surface area contributed by atoms with Gasteiger partial charge in [0.1, 0.15) is 30.8 Å². The van der Waals surface area contributed by atoms with Gasteiger partial charge in [-0.25, -0.2) is 0 Å². The first-order valence-corrected chi connectivity index (χ1v) is 32.0. The van der Waals surface area contributed by atoms with Gasteiger partial charge in [-0.05, 0) is 216 Å². The molecule has 9 nitrogen and oxygen atoms in total. The van der Waals surface area contributed by atoms with Crippen LogP contribution in [0.2, 0.25) is 19.6 Å². The Morgan fingerprint density at radius 3 is 1.47 bits per heavy atom. The maximum atomic E-state index is 11.4. The molecule has 1 aliphatic heterocycles. The third-order valence-corrected chi connectivity index (χ3v) is 17.4. The first kappa shape index (κ1) is 62.2. The second kappa shape index (κ2) is 26.0. The van der Waals surface area contributed by atoms with Crippen LogP contribution in [-0.4, -0.2) is 61.0 Å². The maximum absolute atomic E-state index is 11.4. The molecule has 0 amide bonds. The van der Waals surface area contributed by atoms with E-state index in [0.29, 0.717) is 18.8 Å². The van der Waals surface area contributed by atoms with E-state index in [1.165, 1.54) is 50.1 Å². The molecule has 0 aromatic heterocycles. The molecular weight excluding hydrogens is 1000 g/mol. The summed E-state index contributed by atoms with van der Waals surface area (Å²) in [5, 5.41) is 29.3. The third-order valence-electron chi connectivity index (χ3n) is 16.3. The molecule has 3 N–H and O–H groups in total.